The molecule has 1 aromatic carbocycles. The van der Waals surface area contributed by atoms with Crippen LogP contribution in [0.3, 0.4) is 0 Å². The Bertz CT molecular complexity index is 583. The molecule has 0 aliphatic carbocycles. The van der Waals surface area contributed by atoms with Gasteiger partial charge in [0.25, 0.3) is 0 Å². The summed E-state index contributed by atoms with van der Waals surface area (Å²) >= 11 is 0. The largest absolute Gasteiger partial charge is 0.493 e. The minimum Gasteiger partial charge on any atom is -0.493 e. The summed E-state index contributed by atoms with van der Waals surface area (Å²) in [6, 6.07) is 3.58. The summed E-state index contributed by atoms with van der Waals surface area (Å²) in [7, 11) is 1.44. The van der Waals surface area contributed by atoms with Crippen molar-refractivity contribution in [3.8, 4) is 5.75 Å². The highest BCUT2D eigenvalue weighted by Gasteiger charge is 2.35. The molecule has 120 valence electrons. The molecule has 2 bridgehead atoms. The number of oxime groups is 1. The first kappa shape index (κ1) is 15.1. The van der Waals surface area contributed by atoms with Crippen LogP contribution in [0, 0.1) is 18.7 Å². The number of nitrogens with one attached hydrogen (secondary N) is 1. The molecule has 0 unspecified atom stereocenters. The maximum absolute atomic E-state index is 14.5. The molecule has 4 rings (SSSR count). The zero-order valence-electron chi connectivity index (χ0n) is 13.0. The number of methoxy groups -OCH3 is 1. The molecule has 3 aliphatic rings. The molecule has 5 nitrogen and oxygen atoms in total. The van der Waals surface area contributed by atoms with Gasteiger partial charge in [-0.15, -0.1) is 0 Å². The number of hydrogen-bond donors (Lipinski definition) is 2. The van der Waals surface area contributed by atoms with Gasteiger partial charge in [0.05, 0.1) is 12.7 Å². The molecule has 0 radical (unpaired) electrons. The fourth-order valence-corrected chi connectivity index (χ4v) is 3.55. The second-order valence-electron chi connectivity index (χ2n) is 6.11. The van der Waals surface area contributed by atoms with E-state index in [1.54, 1.807) is 19.1 Å². The van der Waals surface area contributed by atoms with E-state index in [0.29, 0.717) is 11.5 Å². The van der Waals surface area contributed by atoms with Crippen molar-refractivity contribution in [3.63, 3.8) is 0 Å². The van der Waals surface area contributed by atoms with Gasteiger partial charge in [-0.2, -0.15) is 0 Å². The van der Waals surface area contributed by atoms with E-state index in [9.17, 15) is 9.60 Å². The number of nitrogens with zero attached hydrogens (tertiary/aromatic N) is 2. The molecular weight excluding hydrogens is 285 g/mol. The number of amidine groups is 1. The number of aryl methyl sites for hydroxylation is 1. The van der Waals surface area contributed by atoms with Gasteiger partial charge in [-0.3, -0.25) is 0 Å². The van der Waals surface area contributed by atoms with E-state index < -0.39 is 5.82 Å². The molecule has 0 aromatic heterocycles. The van der Waals surface area contributed by atoms with Crippen LogP contribution in [0.1, 0.15) is 24.0 Å². The molecule has 3 fully saturated rings. The van der Waals surface area contributed by atoms with Crippen LogP contribution < -0.4 is 10.1 Å². The monoisotopic (exact) mass is 307 g/mol. The van der Waals surface area contributed by atoms with Gasteiger partial charge < -0.3 is 20.2 Å². The fourth-order valence-electron chi connectivity index (χ4n) is 3.55. The normalized spacial score (nSPS) is 27.8. The van der Waals surface area contributed by atoms with Gasteiger partial charge in [-0.25, -0.2) is 4.39 Å². The van der Waals surface area contributed by atoms with Crippen molar-refractivity contribution >= 4 is 5.84 Å². The second kappa shape index (κ2) is 6.12. The SMILES string of the molecule is COc1c(C)ccc(/C(=N\O)N[C@H]2CN3CCC2CC3)c1F. The van der Waals surface area contributed by atoms with Crippen molar-refractivity contribution in [1.82, 2.24) is 10.2 Å². The highest BCUT2D eigenvalue weighted by atomic mass is 19.1. The third kappa shape index (κ3) is 2.63. The lowest BCUT2D eigenvalue weighted by atomic mass is 9.84. The van der Waals surface area contributed by atoms with E-state index in [1.165, 1.54) is 7.11 Å². The average Bonchev–Trinajstić information content (AvgIpc) is 2.55. The minimum atomic E-state index is -0.496. The Morgan fingerprint density at radius 3 is 2.68 bits per heavy atom. The molecule has 1 aromatic rings. The molecule has 2 N–H and O–H groups in total. The lowest BCUT2D eigenvalue weighted by Crippen LogP contribution is -2.57. The molecule has 22 heavy (non-hydrogen) atoms. The standard InChI is InChI=1S/C16H22FN3O2/c1-10-3-4-12(14(17)15(10)22-2)16(19-21)18-13-9-20-7-5-11(13)6-8-20/h3-4,11,13,21H,5-9H2,1-2H3,(H,18,19)/t13-/m0/s1. The molecular formula is C16H22FN3O2. The van der Waals surface area contributed by atoms with Crippen LogP contribution in [0.4, 0.5) is 4.39 Å². The van der Waals surface area contributed by atoms with Crippen molar-refractivity contribution in [2.24, 2.45) is 11.1 Å². The molecule has 0 spiro atoms. The topological polar surface area (TPSA) is 57.1 Å². The van der Waals surface area contributed by atoms with Gasteiger partial charge in [0.1, 0.15) is 0 Å². The molecule has 3 heterocycles. The first-order valence-electron chi connectivity index (χ1n) is 7.68. The minimum absolute atomic E-state index is 0.176. The van der Waals surface area contributed by atoms with Gasteiger partial charge in [-0.05, 0) is 50.4 Å². The van der Waals surface area contributed by atoms with Crippen LogP contribution in [0.15, 0.2) is 17.3 Å². The first-order valence-corrected chi connectivity index (χ1v) is 7.68. The Morgan fingerprint density at radius 2 is 2.14 bits per heavy atom. The lowest BCUT2D eigenvalue weighted by molar-refractivity contribution is 0.0808. The maximum Gasteiger partial charge on any atom is 0.176 e. The summed E-state index contributed by atoms with van der Waals surface area (Å²) in [5.41, 5.74) is 0.949. The third-order valence-corrected chi connectivity index (χ3v) is 4.83. The molecule has 6 heteroatoms. The lowest BCUT2D eigenvalue weighted by Gasteiger charge is -2.45. The number of rotatable bonds is 3. The quantitative estimate of drug-likeness (QED) is 0.388. The van der Waals surface area contributed by atoms with E-state index in [0.717, 1.165) is 32.5 Å². The van der Waals surface area contributed by atoms with Gasteiger partial charge in [0.2, 0.25) is 0 Å². The van der Waals surface area contributed by atoms with Crippen LogP contribution in [0.5, 0.6) is 5.75 Å². The zero-order valence-corrected chi connectivity index (χ0v) is 13.0. The summed E-state index contributed by atoms with van der Waals surface area (Å²) in [6.45, 7) is 4.94. The van der Waals surface area contributed by atoms with Crippen LogP contribution in [-0.4, -0.2) is 48.7 Å². The average molecular weight is 307 g/mol. The Hall–Kier alpha value is -1.82. The number of piperidine rings is 3. The third-order valence-electron chi connectivity index (χ3n) is 4.83. The predicted octanol–water partition coefficient (Wildman–Crippen LogP) is 1.96. The number of hydrogen-bond acceptors (Lipinski definition) is 4. The number of halogens is 1. The van der Waals surface area contributed by atoms with Crippen LogP contribution in [-0.2, 0) is 0 Å². The highest BCUT2D eigenvalue weighted by Crippen LogP contribution is 2.29. The summed E-state index contributed by atoms with van der Waals surface area (Å²) < 4.78 is 19.6. The van der Waals surface area contributed by atoms with E-state index in [2.05, 4.69) is 15.4 Å². The van der Waals surface area contributed by atoms with E-state index in [1.807, 2.05) is 0 Å². The van der Waals surface area contributed by atoms with Crippen LogP contribution >= 0.6 is 0 Å². The zero-order chi connectivity index (χ0) is 15.7. The molecule has 1 atom stereocenters. The van der Waals surface area contributed by atoms with E-state index >= 15 is 0 Å². The van der Waals surface area contributed by atoms with Crippen LogP contribution in [0.25, 0.3) is 0 Å². The number of ether oxygens (including phenoxy) is 1. The number of benzene rings is 1. The van der Waals surface area contributed by atoms with Crippen molar-refractivity contribution < 1.29 is 14.3 Å². The first-order chi connectivity index (χ1) is 10.6. The fraction of sp³-hybridized carbons (Fsp3) is 0.562. The van der Waals surface area contributed by atoms with Gasteiger partial charge in [-0.1, -0.05) is 11.2 Å². The summed E-state index contributed by atoms with van der Waals surface area (Å²) in [6.07, 6.45) is 2.27. The van der Waals surface area contributed by atoms with Crippen molar-refractivity contribution in [1.29, 1.82) is 0 Å². The molecule has 3 saturated heterocycles. The smallest absolute Gasteiger partial charge is 0.176 e. The summed E-state index contributed by atoms with van der Waals surface area (Å²) in [5, 5.41) is 15.9. The van der Waals surface area contributed by atoms with Gasteiger partial charge >= 0.3 is 0 Å². The van der Waals surface area contributed by atoms with Crippen molar-refractivity contribution in [2.75, 3.05) is 26.7 Å². The Kier molecular flexibility index (Phi) is 4.20. The van der Waals surface area contributed by atoms with E-state index in [-0.39, 0.29) is 23.2 Å². The van der Waals surface area contributed by atoms with Gasteiger partial charge in [0, 0.05) is 12.6 Å². The molecule has 3 aliphatic heterocycles. The van der Waals surface area contributed by atoms with Gasteiger partial charge in [0.15, 0.2) is 17.4 Å². The highest BCUT2D eigenvalue weighted by molar-refractivity contribution is 5.99. The summed E-state index contributed by atoms with van der Waals surface area (Å²) in [4.78, 5) is 2.39. The summed E-state index contributed by atoms with van der Waals surface area (Å²) in [5.74, 6) is 0.421. The van der Waals surface area contributed by atoms with E-state index in [4.69, 9.17) is 4.74 Å². The molecule has 0 saturated carbocycles. The maximum atomic E-state index is 14.5. The second-order valence-corrected chi connectivity index (χ2v) is 6.11. The van der Waals surface area contributed by atoms with Crippen LogP contribution in [0.2, 0.25) is 0 Å². The van der Waals surface area contributed by atoms with Crippen molar-refractivity contribution in [3.05, 3.63) is 29.1 Å². The van der Waals surface area contributed by atoms with Crippen molar-refractivity contribution in [2.45, 2.75) is 25.8 Å². The molecule has 0 amide bonds. The number of fused-ring (bicyclic) bond motifs is 3. The Morgan fingerprint density at radius 1 is 1.41 bits per heavy atom. The predicted molar refractivity (Wildman–Crippen MR) is 82.1 cm³/mol. The Balaban J connectivity index is 1.83. The Labute approximate surface area is 129 Å².